The number of pyridine rings is 1. The summed E-state index contributed by atoms with van der Waals surface area (Å²) in [5.41, 5.74) is 4.65. The lowest BCUT2D eigenvalue weighted by atomic mass is 9.91. The van der Waals surface area contributed by atoms with Crippen LogP contribution in [0.2, 0.25) is 0 Å². The number of nitro groups is 1. The first-order valence-corrected chi connectivity index (χ1v) is 11.1. The minimum atomic E-state index is -4.38. The number of nitrogens with zero attached hydrogens (tertiary/aromatic N) is 2. The van der Waals surface area contributed by atoms with Crippen LogP contribution >= 0.6 is 0 Å². The number of nitrogens with one attached hydrogen (secondary N) is 1. The zero-order valence-electron chi connectivity index (χ0n) is 16.3. The molecule has 1 aromatic carbocycles. The first-order valence-electron chi connectivity index (χ1n) is 9.58. The number of sulfone groups is 1. The minimum Gasteiger partial charge on any atom is -0.489 e. The van der Waals surface area contributed by atoms with Gasteiger partial charge in [0.1, 0.15) is 6.61 Å². The fourth-order valence-electron chi connectivity index (χ4n) is 3.82. The Morgan fingerprint density at radius 3 is 2.71 bits per heavy atom. The number of hydrogen-bond donors (Lipinski definition) is 2. The average molecular weight is 448 g/mol. The summed E-state index contributed by atoms with van der Waals surface area (Å²) in [4.78, 5) is 26.1. The van der Waals surface area contributed by atoms with Crippen LogP contribution in [0.5, 0.6) is 5.75 Å². The third-order valence-electron chi connectivity index (χ3n) is 5.44. The number of aromatic nitrogens is 1. The van der Waals surface area contributed by atoms with Crippen molar-refractivity contribution in [3.8, 4) is 5.75 Å². The molecule has 164 valence electrons. The number of ether oxygens (including phenoxy) is 2. The molecule has 4 rings (SSSR count). The Kier molecular flexibility index (Phi) is 5.50. The number of carbonyl (C=O) groups excluding carboxylic acids is 1. The standard InChI is InChI=1S/C19H20N4O7S/c20-18(24)13-2-1-5-21-19(13)31(27,28)12-8-15(23(25)26)17-16(9-12)30-10-14(22-17)11-3-6-29-7-4-11/h1-2,5,8-9,11,14,22H,3-4,6-7,10H2,(H2,20,24)/t14-/m0/s1. The van der Waals surface area contributed by atoms with Crippen molar-refractivity contribution in [3.63, 3.8) is 0 Å². The van der Waals surface area contributed by atoms with Gasteiger partial charge >= 0.3 is 0 Å². The molecular weight excluding hydrogens is 428 g/mol. The molecule has 0 saturated carbocycles. The van der Waals surface area contributed by atoms with Crippen molar-refractivity contribution in [2.24, 2.45) is 11.7 Å². The number of nitro benzene ring substituents is 1. The number of anilines is 1. The van der Waals surface area contributed by atoms with Gasteiger partial charge in [-0.05, 0) is 30.9 Å². The number of hydrogen-bond acceptors (Lipinski definition) is 9. The van der Waals surface area contributed by atoms with Gasteiger partial charge in [-0.25, -0.2) is 13.4 Å². The van der Waals surface area contributed by atoms with Crippen molar-refractivity contribution in [1.82, 2.24) is 4.98 Å². The lowest BCUT2D eigenvalue weighted by Crippen LogP contribution is -2.40. The second-order valence-electron chi connectivity index (χ2n) is 7.31. The summed E-state index contributed by atoms with van der Waals surface area (Å²) in [7, 11) is -4.38. The number of nitrogens with two attached hydrogens (primary N) is 1. The number of rotatable bonds is 5. The van der Waals surface area contributed by atoms with Crippen LogP contribution in [0.15, 0.2) is 40.4 Å². The molecule has 0 radical (unpaired) electrons. The Labute approximate surface area is 177 Å². The SMILES string of the molecule is NC(=O)c1cccnc1S(=O)(=O)c1cc2c(c([N+](=O)[O-])c1)N[C@H](C1CCOCC1)CO2. The van der Waals surface area contributed by atoms with Gasteiger partial charge in [-0.15, -0.1) is 0 Å². The topological polar surface area (TPSA) is 164 Å². The molecule has 1 fully saturated rings. The predicted molar refractivity (Wildman–Crippen MR) is 108 cm³/mol. The Balaban J connectivity index is 1.76. The van der Waals surface area contributed by atoms with E-state index in [2.05, 4.69) is 10.3 Å². The molecule has 0 unspecified atom stereocenters. The van der Waals surface area contributed by atoms with E-state index in [1.54, 1.807) is 0 Å². The van der Waals surface area contributed by atoms with Crippen molar-refractivity contribution in [2.75, 3.05) is 25.1 Å². The van der Waals surface area contributed by atoms with Crippen LogP contribution in [-0.2, 0) is 14.6 Å². The predicted octanol–water partition coefficient (Wildman–Crippen LogP) is 1.52. The molecule has 1 aromatic heterocycles. The Bertz CT molecular complexity index is 1150. The monoisotopic (exact) mass is 448 g/mol. The number of primary amides is 1. The second-order valence-corrected chi connectivity index (χ2v) is 9.17. The van der Waals surface area contributed by atoms with Gasteiger partial charge in [-0.2, -0.15) is 0 Å². The van der Waals surface area contributed by atoms with E-state index in [0.717, 1.165) is 18.9 Å². The minimum absolute atomic E-state index is 0.0487. The second kappa shape index (κ2) is 8.12. The Hall–Kier alpha value is -3.25. The summed E-state index contributed by atoms with van der Waals surface area (Å²) >= 11 is 0. The molecule has 2 aliphatic rings. The van der Waals surface area contributed by atoms with Gasteiger partial charge in [0.15, 0.2) is 16.5 Å². The molecular formula is C19H20N4O7S. The third kappa shape index (κ3) is 3.91. The lowest BCUT2D eigenvalue weighted by Gasteiger charge is -2.35. The average Bonchev–Trinajstić information content (AvgIpc) is 2.78. The van der Waals surface area contributed by atoms with Crippen LogP contribution in [-0.4, -0.2) is 50.1 Å². The zero-order chi connectivity index (χ0) is 22.2. The molecule has 3 heterocycles. The maximum Gasteiger partial charge on any atom is 0.297 e. The molecule has 31 heavy (non-hydrogen) atoms. The van der Waals surface area contributed by atoms with E-state index in [-0.39, 0.29) is 35.6 Å². The highest BCUT2D eigenvalue weighted by molar-refractivity contribution is 7.91. The summed E-state index contributed by atoms with van der Waals surface area (Å²) in [6.07, 6.45) is 2.79. The van der Waals surface area contributed by atoms with Crippen LogP contribution in [0.25, 0.3) is 0 Å². The van der Waals surface area contributed by atoms with Crippen LogP contribution in [0, 0.1) is 16.0 Å². The normalized spacial score (nSPS) is 19.0. The van der Waals surface area contributed by atoms with Gasteiger partial charge in [-0.3, -0.25) is 14.9 Å². The molecule has 0 spiro atoms. The third-order valence-corrected chi connectivity index (χ3v) is 7.13. The molecule has 0 bridgehead atoms. The van der Waals surface area contributed by atoms with Crippen LogP contribution in [0.3, 0.4) is 0 Å². The summed E-state index contributed by atoms with van der Waals surface area (Å²) < 4.78 is 37.4. The maximum absolute atomic E-state index is 13.1. The van der Waals surface area contributed by atoms with Crippen LogP contribution in [0.1, 0.15) is 23.2 Å². The van der Waals surface area contributed by atoms with Crippen LogP contribution in [0.4, 0.5) is 11.4 Å². The van der Waals surface area contributed by atoms with Gasteiger partial charge in [0.25, 0.3) is 11.6 Å². The van der Waals surface area contributed by atoms with Crippen molar-refractivity contribution in [3.05, 3.63) is 46.1 Å². The van der Waals surface area contributed by atoms with E-state index in [1.807, 2.05) is 0 Å². The largest absolute Gasteiger partial charge is 0.489 e. The summed E-state index contributed by atoms with van der Waals surface area (Å²) in [5.74, 6) is -0.708. The molecule has 0 aliphatic carbocycles. The van der Waals surface area contributed by atoms with Gasteiger partial charge in [0.05, 0.1) is 21.4 Å². The molecule has 1 atom stereocenters. The molecule has 2 aromatic rings. The van der Waals surface area contributed by atoms with Crippen molar-refractivity contribution in [1.29, 1.82) is 0 Å². The molecule has 1 saturated heterocycles. The van der Waals surface area contributed by atoms with E-state index in [9.17, 15) is 23.3 Å². The summed E-state index contributed by atoms with van der Waals surface area (Å²) in [6, 6.07) is 4.58. The van der Waals surface area contributed by atoms with Crippen molar-refractivity contribution < 1.29 is 27.6 Å². The molecule has 11 nitrogen and oxygen atoms in total. The molecule has 2 aliphatic heterocycles. The molecule has 1 amide bonds. The quantitative estimate of drug-likeness (QED) is 0.510. The van der Waals surface area contributed by atoms with Gasteiger partial charge < -0.3 is 20.5 Å². The maximum atomic E-state index is 13.1. The summed E-state index contributed by atoms with van der Waals surface area (Å²) in [5, 5.41) is 14.3. The first kappa shape index (κ1) is 21.0. The number of amides is 1. The zero-order valence-corrected chi connectivity index (χ0v) is 17.1. The smallest absolute Gasteiger partial charge is 0.297 e. The fraction of sp³-hybridized carbons (Fsp3) is 0.368. The van der Waals surface area contributed by atoms with E-state index in [4.69, 9.17) is 15.2 Å². The highest BCUT2D eigenvalue weighted by Crippen LogP contribution is 2.42. The van der Waals surface area contributed by atoms with Crippen molar-refractivity contribution >= 4 is 27.1 Å². The van der Waals surface area contributed by atoms with Gasteiger partial charge in [-0.1, -0.05) is 0 Å². The fourth-order valence-corrected chi connectivity index (χ4v) is 5.23. The first-order chi connectivity index (χ1) is 14.8. The number of carbonyl (C=O) groups is 1. The molecule has 12 heteroatoms. The Morgan fingerprint density at radius 1 is 1.29 bits per heavy atom. The number of fused-ring (bicyclic) bond motifs is 1. The molecule has 3 N–H and O–H groups in total. The lowest BCUT2D eigenvalue weighted by molar-refractivity contribution is -0.384. The van der Waals surface area contributed by atoms with E-state index >= 15 is 0 Å². The Morgan fingerprint density at radius 2 is 2.03 bits per heavy atom. The van der Waals surface area contributed by atoms with E-state index in [0.29, 0.717) is 13.2 Å². The van der Waals surface area contributed by atoms with Crippen molar-refractivity contribution in [2.45, 2.75) is 28.8 Å². The highest BCUT2D eigenvalue weighted by Gasteiger charge is 2.35. The van der Waals surface area contributed by atoms with E-state index in [1.165, 1.54) is 24.4 Å². The highest BCUT2D eigenvalue weighted by atomic mass is 32.2. The summed E-state index contributed by atoms with van der Waals surface area (Å²) in [6.45, 7) is 1.46. The van der Waals surface area contributed by atoms with Gasteiger partial charge in [0.2, 0.25) is 9.84 Å². The van der Waals surface area contributed by atoms with Gasteiger partial charge in [0, 0.05) is 31.5 Å². The van der Waals surface area contributed by atoms with Crippen LogP contribution < -0.4 is 15.8 Å². The van der Waals surface area contributed by atoms with E-state index < -0.39 is 36.3 Å². The number of benzene rings is 1.